The van der Waals surface area contributed by atoms with E-state index < -0.39 is 5.54 Å². The molecule has 18 heavy (non-hydrogen) atoms. The van der Waals surface area contributed by atoms with Gasteiger partial charge in [0.1, 0.15) is 0 Å². The molecule has 0 aromatic rings. The maximum atomic E-state index is 12.2. The Balaban J connectivity index is 1.87. The van der Waals surface area contributed by atoms with Gasteiger partial charge in [0.25, 0.3) is 0 Å². The molecular weight excluding hydrogens is 228 g/mol. The van der Waals surface area contributed by atoms with Crippen LogP contribution in [0.1, 0.15) is 57.8 Å². The Morgan fingerprint density at radius 1 is 1.06 bits per heavy atom. The SMILES string of the molecule is NC1(C(=O)NCC2(CO)CCCCC2)CCCC1. The lowest BCUT2D eigenvalue weighted by atomic mass is 9.74. The molecule has 4 nitrogen and oxygen atoms in total. The number of hydrogen-bond donors (Lipinski definition) is 3. The molecule has 0 aromatic carbocycles. The molecule has 0 bridgehead atoms. The maximum absolute atomic E-state index is 12.2. The second kappa shape index (κ2) is 5.57. The molecule has 2 saturated carbocycles. The van der Waals surface area contributed by atoms with E-state index >= 15 is 0 Å². The van der Waals surface area contributed by atoms with Crippen LogP contribution in [0.4, 0.5) is 0 Å². The Morgan fingerprint density at radius 3 is 2.17 bits per heavy atom. The van der Waals surface area contributed by atoms with Gasteiger partial charge in [0, 0.05) is 12.0 Å². The fourth-order valence-corrected chi connectivity index (χ4v) is 3.37. The molecule has 2 fully saturated rings. The fourth-order valence-electron chi connectivity index (χ4n) is 3.37. The van der Waals surface area contributed by atoms with E-state index in [0.717, 1.165) is 51.4 Å². The van der Waals surface area contributed by atoms with Crippen molar-refractivity contribution in [3.05, 3.63) is 0 Å². The number of amides is 1. The van der Waals surface area contributed by atoms with E-state index in [1.54, 1.807) is 0 Å². The van der Waals surface area contributed by atoms with E-state index in [1.165, 1.54) is 6.42 Å². The summed E-state index contributed by atoms with van der Waals surface area (Å²) in [5, 5.41) is 12.6. The Bertz CT molecular complexity index is 292. The zero-order chi connectivity index (χ0) is 13.1. The van der Waals surface area contributed by atoms with Crippen molar-refractivity contribution < 1.29 is 9.90 Å². The zero-order valence-electron chi connectivity index (χ0n) is 11.2. The number of nitrogens with one attached hydrogen (secondary N) is 1. The standard InChI is InChI=1S/C14H26N2O2/c15-14(8-4-5-9-14)12(18)16-10-13(11-17)6-2-1-3-7-13/h17H,1-11,15H2,(H,16,18). The topological polar surface area (TPSA) is 75.4 Å². The van der Waals surface area contributed by atoms with Gasteiger partial charge in [-0.15, -0.1) is 0 Å². The summed E-state index contributed by atoms with van der Waals surface area (Å²) in [6.07, 6.45) is 9.29. The Morgan fingerprint density at radius 2 is 1.61 bits per heavy atom. The van der Waals surface area contributed by atoms with Crippen LogP contribution >= 0.6 is 0 Å². The van der Waals surface area contributed by atoms with Crippen LogP contribution in [0.5, 0.6) is 0 Å². The summed E-state index contributed by atoms with van der Waals surface area (Å²) in [7, 11) is 0. The molecule has 4 N–H and O–H groups in total. The van der Waals surface area contributed by atoms with Gasteiger partial charge in [-0.25, -0.2) is 0 Å². The molecule has 0 aliphatic heterocycles. The van der Waals surface area contributed by atoms with Crippen molar-refractivity contribution in [3.63, 3.8) is 0 Å². The molecule has 2 aliphatic carbocycles. The summed E-state index contributed by atoms with van der Waals surface area (Å²) in [6, 6.07) is 0. The fraction of sp³-hybridized carbons (Fsp3) is 0.929. The minimum atomic E-state index is -0.648. The van der Waals surface area contributed by atoms with Gasteiger partial charge in [-0.3, -0.25) is 4.79 Å². The zero-order valence-corrected chi connectivity index (χ0v) is 11.2. The third-order valence-electron chi connectivity index (χ3n) is 4.82. The lowest BCUT2D eigenvalue weighted by Gasteiger charge is -2.36. The van der Waals surface area contributed by atoms with Crippen LogP contribution in [-0.2, 0) is 4.79 Å². The average molecular weight is 254 g/mol. The molecule has 4 heteroatoms. The van der Waals surface area contributed by atoms with Crippen molar-refractivity contribution in [2.24, 2.45) is 11.1 Å². The number of aliphatic hydroxyl groups is 1. The van der Waals surface area contributed by atoms with E-state index in [4.69, 9.17) is 5.73 Å². The van der Waals surface area contributed by atoms with Crippen molar-refractivity contribution >= 4 is 5.91 Å². The van der Waals surface area contributed by atoms with Gasteiger partial charge < -0.3 is 16.2 Å². The van der Waals surface area contributed by atoms with Crippen molar-refractivity contribution in [2.45, 2.75) is 63.3 Å². The second-order valence-electron chi connectivity index (χ2n) is 6.26. The van der Waals surface area contributed by atoms with Crippen molar-refractivity contribution in [3.8, 4) is 0 Å². The van der Waals surface area contributed by atoms with Gasteiger partial charge in [0.05, 0.1) is 12.1 Å². The summed E-state index contributed by atoms with van der Waals surface area (Å²) in [5.74, 6) is -0.0154. The smallest absolute Gasteiger partial charge is 0.240 e. The summed E-state index contributed by atoms with van der Waals surface area (Å²) in [6.45, 7) is 0.756. The Hall–Kier alpha value is -0.610. The van der Waals surface area contributed by atoms with E-state index in [9.17, 15) is 9.90 Å². The number of nitrogens with two attached hydrogens (primary N) is 1. The van der Waals surface area contributed by atoms with Crippen molar-refractivity contribution in [2.75, 3.05) is 13.2 Å². The molecular formula is C14H26N2O2. The molecule has 0 unspecified atom stereocenters. The van der Waals surface area contributed by atoms with Crippen LogP contribution in [0.2, 0.25) is 0 Å². The van der Waals surface area contributed by atoms with Gasteiger partial charge in [-0.2, -0.15) is 0 Å². The van der Waals surface area contributed by atoms with Crippen molar-refractivity contribution in [1.82, 2.24) is 5.32 Å². The van der Waals surface area contributed by atoms with E-state index in [2.05, 4.69) is 5.32 Å². The molecule has 2 aliphatic rings. The lowest BCUT2D eigenvalue weighted by Crippen LogP contribution is -2.54. The third-order valence-corrected chi connectivity index (χ3v) is 4.82. The first-order valence-electron chi connectivity index (χ1n) is 7.28. The Kier molecular flexibility index (Phi) is 4.28. The van der Waals surface area contributed by atoms with Gasteiger partial charge in [-0.05, 0) is 25.7 Å². The molecule has 0 radical (unpaired) electrons. The minimum Gasteiger partial charge on any atom is -0.396 e. The highest BCUT2D eigenvalue weighted by molar-refractivity contribution is 5.86. The van der Waals surface area contributed by atoms with Gasteiger partial charge in [0.2, 0.25) is 5.91 Å². The molecule has 0 atom stereocenters. The van der Waals surface area contributed by atoms with Crippen LogP contribution in [0.25, 0.3) is 0 Å². The maximum Gasteiger partial charge on any atom is 0.240 e. The van der Waals surface area contributed by atoms with Crippen LogP contribution in [0, 0.1) is 5.41 Å². The van der Waals surface area contributed by atoms with Gasteiger partial charge in [-0.1, -0.05) is 32.1 Å². The summed E-state index contributed by atoms with van der Waals surface area (Å²) >= 11 is 0. The van der Waals surface area contributed by atoms with Gasteiger partial charge in [0.15, 0.2) is 0 Å². The number of carbonyl (C=O) groups excluding carboxylic acids is 1. The average Bonchev–Trinajstić information content (AvgIpc) is 2.85. The predicted molar refractivity (Wildman–Crippen MR) is 71.0 cm³/mol. The molecule has 0 saturated heterocycles. The molecule has 0 heterocycles. The first-order chi connectivity index (χ1) is 8.60. The summed E-state index contributed by atoms with van der Waals surface area (Å²) < 4.78 is 0. The third kappa shape index (κ3) is 2.86. The highest BCUT2D eigenvalue weighted by Crippen LogP contribution is 2.35. The molecule has 0 aromatic heterocycles. The largest absolute Gasteiger partial charge is 0.396 e. The summed E-state index contributed by atoms with van der Waals surface area (Å²) in [4.78, 5) is 12.2. The lowest BCUT2D eigenvalue weighted by molar-refractivity contribution is -0.127. The quantitative estimate of drug-likeness (QED) is 0.708. The molecule has 2 rings (SSSR count). The molecule has 104 valence electrons. The highest BCUT2D eigenvalue weighted by atomic mass is 16.3. The van der Waals surface area contributed by atoms with Crippen LogP contribution in [-0.4, -0.2) is 29.7 Å². The molecule has 0 spiro atoms. The van der Waals surface area contributed by atoms with Crippen LogP contribution in [0.15, 0.2) is 0 Å². The second-order valence-corrected chi connectivity index (χ2v) is 6.26. The summed E-state index contributed by atoms with van der Waals surface area (Å²) in [5.41, 5.74) is 5.39. The first kappa shape index (κ1) is 13.8. The highest BCUT2D eigenvalue weighted by Gasteiger charge is 2.39. The predicted octanol–water partition coefficient (Wildman–Crippen LogP) is 1.32. The van der Waals surface area contributed by atoms with E-state index in [-0.39, 0.29) is 17.9 Å². The normalized spacial score (nSPS) is 25.9. The number of carbonyl (C=O) groups is 1. The van der Waals surface area contributed by atoms with E-state index in [1.807, 2.05) is 0 Å². The van der Waals surface area contributed by atoms with Crippen LogP contribution < -0.4 is 11.1 Å². The van der Waals surface area contributed by atoms with Crippen molar-refractivity contribution in [1.29, 1.82) is 0 Å². The number of rotatable bonds is 4. The minimum absolute atomic E-state index is 0.0154. The molecule has 1 amide bonds. The van der Waals surface area contributed by atoms with Crippen LogP contribution in [0.3, 0.4) is 0 Å². The number of aliphatic hydroxyl groups excluding tert-OH is 1. The number of hydrogen-bond acceptors (Lipinski definition) is 3. The van der Waals surface area contributed by atoms with E-state index in [0.29, 0.717) is 6.54 Å². The van der Waals surface area contributed by atoms with Gasteiger partial charge >= 0.3 is 0 Å². The Labute approximate surface area is 109 Å². The monoisotopic (exact) mass is 254 g/mol. The first-order valence-corrected chi connectivity index (χ1v) is 7.28.